The van der Waals surface area contributed by atoms with Crippen LogP contribution in [0.2, 0.25) is 0 Å². The van der Waals surface area contributed by atoms with Crippen LogP contribution in [-0.2, 0) is 0 Å². The van der Waals surface area contributed by atoms with Crippen molar-refractivity contribution in [3.63, 3.8) is 0 Å². The summed E-state index contributed by atoms with van der Waals surface area (Å²) in [7, 11) is 0. The molecule has 2 rings (SSSR count). The molecule has 3 atom stereocenters. The predicted octanol–water partition coefficient (Wildman–Crippen LogP) is 2.25. The minimum atomic E-state index is 0.384. The summed E-state index contributed by atoms with van der Waals surface area (Å²) >= 11 is 0. The quantitative estimate of drug-likeness (QED) is 0.838. The Morgan fingerprint density at radius 2 is 2.06 bits per heavy atom. The summed E-state index contributed by atoms with van der Waals surface area (Å²) in [6.07, 6.45) is 8.92. The fourth-order valence-corrected chi connectivity index (χ4v) is 2.78. The van der Waals surface area contributed by atoms with E-state index in [0.29, 0.717) is 18.0 Å². The van der Waals surface area contributed by atoms with Gasteiger partial charge in [-0.25, -0.2) is 0 Å². The molecule has 3 nitrogen and oxygen atoms in total. The lowest BCUT2D eigenvalue weighted by Crippen LogP contribution is -2.42. The molecular weight excluding hydrogens is 210 g/mol. The standard InChI is InChI=1S/C14H23N3/c1-11(12-6-8-16-9-7-12)17-14-5-3-2-4-13(14)10-15/h6-9,11,13-14,17H,2-5,10,15H2,1H3/t11-,13?,14?/m1/s1. The molecule has 0 saturated heterocycles. The van der Waals surface area contributed by atoms with E-state index in [1.165, 1.54) is 31.2 Å². The molecule has 0 aliphatic heterocycles. The first-order valence-electron chi connectivity index (χ1n) is 6.67. The number of nitrogens with two attached hydrogens (primary N) is 1. The zero-order chi connectivity index (χ0) is 12.1. The molecule has 17 heavy (non-hydrogen) atoms. The molecule has 1 heterocycles. The van der Waals surface area contributed by atoms with Crippen LogP contribution in [0.5, 0.6) is 0 Å². The molecule has 94 valence electrons. The first kappa shape index (κ1) is 12.5. The van der Waals surface area contributed by atoms with Crippen LogP contribution in [0, 0.1) is 5.92 Å². The Bertz CT molecular complexity index is 325. The molecular formula is C14H23N3. The highest BCUT2D eigenvalue weighted by Gasteiger charge is 2.25. The summed E-state index contributed by atoms with van der Waals surface area (Å²) in [5, 5.41) is 3.73. The van der Waals surface area contributed by atoms with Gasteiger partial charge >= 0.3 is 0 Å². The zero-order valence-corrected chi connectivity index (χ0v) is 10.6. The third-order valence-corrected chi connectivity index (χ3v) is 3.88. The lowest BCUT2D eigenvalue weighted by Gasteiger charge is -2.33. The normalized spacial score (nSPS) is 26.7. The van der Waals surface area contributed by atoms with Crippen molar-refractivity contribution in [3.05, 3.63) is 30.1 Å². The molecule has 0 spiro atoms. The van der Waals surface area contributed by atoms with Gasteiger partial charge in [-0.3, -0.25) is 4.98 Å². The van der Waals surface area contributed by atoms with Gasteiger partial charge in [0.25, 0.3) is 0 Å². The Labute approximate surface area is 104 Å². The van der Waals surface area contributed by atoms with E-state index in [0.717, 1.165) is 6.54 Å². The van der Waals surface area contributed by atoms with Crippen molar-refractivity contribution < 1.29 is 0 Å². The smallest absolute Gasteiger partial charge is 0.0295 e. The summed E-state index contributed by atoms with van der Waals surface area (Å²) in [5.41, 5.74) is 7.16. The molecule has 1 fully saturated rings. The van der Waals surface area contributed by atoms with E-state index in [1.807, 2.05) is 12.4 Å². The monoisotopic (exact) mass is 233 g/mol. The van der Waals surface area contributed by atoms with Gasteiger partial charge in [-0.1, -0.05) is 12.8 Å². The summed E-state index contributed by atoms with van der Waals surface area (Å²) in [5.74, 6) is 0.646. The Balaban J connectivity index is 1.95. The van der Waals surface area contributed by atoms with Crippen LogP contribution in [0.4, 0.5) is 0 Å². The van der Waals surface area contributed by atoms with Crippen LogP contribution in [0.25, 0.3) is 0 Å². The summed E-state index contributed by atoms with van der Waals surface area (Å²) in [6, 6.07) is 5.13. The third kappa shape index (κ3) is 3.27. The van der Waals surface area contributed by atoms with E-state index < -0.39 is 0 Å². The second-order valence-corrected chi connectivity index (χ2v) is 5.06. The fourth-order valence-electron chi connectivity index (χ4n) is 2.78. The average Bonchev–Trinajstić information content (AvgIpc) is 2.40. The van der Waals surface area contributed by atoms with Gasteiger partial charge in [0, 0.05) is 24.5 Å². The van der Waals surface area contributed by atoms with Gasteiger partial charge in [-0.15, -0.1) is 0 Å². The molecule has 1 saturated carbocycles. The topological polar surface area (TPSA) is 50.9 Å². The Morgan fingerprint density at radius 1 is 1.35 bits per heavy atom. The van der Waals surface area contributed by atoms with Crippen LogP contribution in [-0.4, -0.2) is 17.6 Å². The highest BCUT2D eigenvalue weighted by Crippen LogP contribution is 2.25. The highest BCUT2D eigenvalue weighted by atomic mass is 15.0. The lowest BCUT2D eigenvalue weighted by atomic mass is 9.84. The van der Waals surface area contributed by atoms with Gasteiger partial charge in [-0.05, 0) is 49.9 Å². The van der Waals surface area contributed by atoms with Gasteiger partial charge in [0.05, 0.1) is 0 Å². The Kier molecular flexibility index (Phi) is 4.51. The number of nitrogens with zero attached hydrogens (tertiary/aromatic N) is 1. The minimum absolute atomic E-state index is 0.384. The lowest BCUT2D eigenvalue weighted by molar-refractivity contribution is 0.252. The second kappa shape index (κ2) is 6.12. The molecule has 1 aromatic rings. The summed E-state index contributed by atoms with van der Waals surface area (Å²) < 4.78 is 0. The van der Waals surface area contributed by atoms with Crippen molar-refractivity contribution in [1.29, 1.82) is 0 Å². The molecule has 0 aromatic carbocycles. The van der Waals surface area contributed by atoms with E-state index in [9.17, 15) is 0 Å². The highest BCUT2D eigenvalue weighted by molar-refractivity contribution is 5.14. The van der Waals surface area contributed by atoms with E-state index in [2.05, 4.69) is 29.4 Å². The van der Waals surface area contributed by atoms with E-state index in [1.54, 1.807) is 0 Å². The van der Waals surface area contributed by atoms with Crippen LogP contribution in [0.1, 0.15) is 44.2 Å². The van der Waals surface area contributed by atoms with Crippen molar-refractivity contribution in [3.8, 4) is 0 Å². The Hall–Kier alpha value is -0.930. The van der Waals surface area contributed by atoms with Crippen LogP contribution in [0.15, 0.2) is 24.5 Å². The maximum atomic E-state index is 5.86. The van der Waals surface area contributed by atoms with Crippen molar-refractivity contribution in [1.82, 2.24) is 10.3 Å². The SMILES string of the molecule is C[C@@H](NC1CCCCC1CN)c1ccncc1. The van der Waals surface area contributed by atoms with Gasteiger partial charge in [0.15, 0.2) is 0 Å². The van der Waals surface area contributed by atoms with Crippen LogP contribution >= 0.6 is 0 Å². The minimum Gasteiger partial charge on any atom is -0.330 e. The predicted molar refractivity (Wildman–Crippen MR) is 70.6 cm³/mol. The molecule has 3 heteroatoms. The van der Waals surface area contributed by atoms with Crippen LogP contribution < -0.4 is 11.1 Å². The van der Waals surface area contributed by atoms with E-state index >= 15 is 0 Å². The third-order valence-electron chi connectivity index (χ3n) is 3.88. The molecule has 3 N–H and O–H groups in total. The molecule has 1 aliphatic carbocycles. The number of hydrogen-bond donors (Lipinski definition) is 2. The molecule has 2 unspecified atom stereocenters. The molecule has 0 radical (unpaired) electrons. The Morgan fingerprint density at radius 3 is 2.76 bits per heavy atom. The number of nitrogens with one attached hydrogen (secondary N) is 1. The first-order chi connectivity index (χ1) is 8.31. The summed E-state index contributed by atoms with van der Waals surface area (Å²) in [4.78, 5) is 4.06. The number of aromatic nitrogens is 1. The number of pyridine rings is 1. The maximum Gasteiger partial charge on any atom is 0.0295 e. The van der Waals surface area contributed by atoms with Gasteiger partial charge in [0.2, 0.25) is 0 Å². The summed E-state index contributed by atoms with van der Waals surface area (Å²) in [6.45, 7) is 3.03. The average molecular weight is 233 g/mol. The maximum absolute atomic E-state index is 5.86. The molecule has 0 amide bonds. The van der Waals surface area contributed by atoms with Gasteiger partial charge in [-0.2, -0.15) is 0 Å². The van der Waals surface area contributed by atoms with Crippen LogP contribution in [0.3, 0.4) is 0 Å². The second-order valence-electron chi connectivity index (χ2n) is 5.06. The molecule has 0 bridgehead atoms. The molecule has 1 aliphatic rings. The van der Waals surface area contributed by atoms with Gasteiger partial charge in [0.1, 0.15) is 0 Å². The van der Waals surface area contributed by atoms with Gasteiger partial charge < -0.3 is 11.1 Å². The van der Waals surface area contributed by atoms with Crippen molar-refractivity contribution in [2.75, 3.05) is 6.54 Å². The van der Waals surface area contributed by atoms with Crippen molar-refractivity contribution in [2.45, 2.75) is 44.7 Å². The zero-order valence-electron chi connectivity index (χ0n) is 10.6. The first-order valence-corrected chi connectivity index (χ1v) is 6.67. The van der Waals surface area contributed by atoms with E-state index in [4.69, 9.17) is 5.73 Å². The largest absolute Gasteiger partial charge is 0.330 e. The number of rotatable bonds is 4. The fraction of sp³-hybridized carbons (Fsp3) is 0.643. The molecule has 1 aromatic heterocycles. The van der Waals surface area contributed by atoms with E-state index in [-0.39, 0.29) is 0 Å². The number of hydrogen-bond acceptors (Lipinski definition) is 3. The van der Waals surface area contributed by atoms with Crippen molar-refractivity contribution >= 4 is 0 Å². The van der Waals surface area contributed by atoms with Crippen molar-refractivity contribution in [2.24, 2.45) is 11.7 Å².